The summed E-state index contributed by atoms with van der Waals surface area (Å²) in [7, 11) is 4.81. The number of carbonyl (C=O) groups excluding carboxylic acids is 2. The van der Waals surface area contributed by atoms with Crippen molar-refractivity contribution in [2.45, 2.75) is 32.3 Å². The van der Waals surface area contributed by atoms with Crippen molar-refractivity contribution in [1.29, 1.82) is 0 Å². The number of carbonyl (C=O) groups is 2. The number of phenolic OH excluding ortho intramolecular Hbond substituents is 1. The maximum atomic E-state index is 12.1. The van der Waals surface area contributed by atoms with E-state index in [1.165, 1.54) is 21.1 Å². The van der Waals surface area contributed by atoms with Gasteiger partial charge >= 0.3 is 6.16 Å². The molecule has 1 aromatic carbocycles. The second-order valence-corrected chi connectivity index (χ2v) is 6.47. The third-order valence-electron chi connectivity index (χ3n) is 4.70. The lowest BCUT2D eigenvalue weighted by Gasteiger charge is -2.37. The van der Waals surface area contributed by atoms with Crippen LogP contribution in [0.3, 0.4) is 0 Å². The summed E-state index contributed by atoms with van der Waals surface area (Å²) in [5.41, 5.74) is 0.521. The van der Waals surface area contributed by atoms with E-state index in [0.717, 1.165) is 6.54 Å². The van der Waals surface area contributed by atoms with E-state index < -0.39 is 12.3 Å². The van der Waals surface area contributed by atoms with Crippen LogP contribution >= 0.6 is 0 Å². The van der Waals surface area contributed by atoms with E-state index in [1.807, 2.05) is 11.9 Å². The summed E-state index contributed by atoms with van der Waals surface area (Å²) in [4.78, 5) is 26.0. The van der Waals surface area contributed by atoms with Crippen LogP contribution in [-0.2, 0) is 9.47 Å². The minimum atomic E-state index is -0.762. The molecule has 0 aromatic heterocycles. The van der Waals surface area contributed by atoms with Gasteiger partial charge in [0, 0.05) is 24.1 Å². The Morgan fingerprint density at radius 3 is 2.48 bits per heavy atom. The number of phenols is 1. The van der Waals surface area contributed by atoms with Gasteiger partial charge in [-0.3, -0.25) is 4.79 Å². The highest BCUT2D eigenvalue weighted by Crippen LogP contribution is 2.46. The Kier molecular flexibility index (Phi) is 6.90. The fourth-order valence-corrected chi connectivity index (χ4v) is 3.46. The van der Waals surface area contributed by atoms with Gasteiger partial charge < -0.3 is 29.0 Å². The highest BCUT2D eigenvalue weighted by Gasteiger charge is 2.37. The Hall–Kier alpha value is -2.48. The molecular weight excluding hydrogens is 354 g/mol. The number of hydrogen-bond donors (Lipinski definition) is 1. The lowest BCUT2D eigenvalue weighted by Crippen LogP contribution is -2.43. The Morgan fingerprint density at radius 1 is 1.26 bits per heavy atom. The normalized spacial score (nSPS) is 20.0. The molecule has 0 spiro atoms. The van der Waals surface area contributed by atoms with Crippen LogP contribution in [0.5, 0.6) is 17.2 Å². The van der Waals surface area contributed by atoms with Crippen LogP contribution in [0.2, 0.25) is 0 Å². The minimum Gasteiger partial charge on any atom is -0.507 e. The lowest BCUT2D eigenvalue weighted by atomic mass is 9.84. The van der Waals surface area contributed by atoms with Gasteiger partial charge in [0.1, 0.15) is 28.9 Å². The Morgan fingerprint density at radius 2 is 1.93 bits per heavy atom. The molecule has 8 heteroatoms. The van der Waals surface area contributed by atoms with Gasteiger partial charge in [-0.25, -0.2) is 4.79 Å². The van der Waals surface area contributed by atoms with E-state index in [0.29, 0.717) is 24.3 Å². The van der Waals surface area contributed by atoms with Crippen molar-refractivity contribution >= 4 is 11.9 Å². The van der Waals surface area contributed by atoms with Gasteiger partial charge in [0.25, 0.3) is 0 Å². The van der Waals surface area contributed by atoms with Crippen LogP contribution in [0.1, 0.15) is 42.1 Å². The molecule has 1 heterocycles. The number of aromatic hydroxyl groups is 1. The summed E-state index contributed by atoms with van der Waals surface area (Å²) in [6.07, 6.45) is -0.717. The van der Waals surface area contributed by atoms with Crippen LogP contribution in [-0.4, -0.2) is 69.0 Å². The summed E-state index contributed by atoms with van der Waals surface area (Å²) in [5.74, 6) is -0.280. The molecule has 0 saturated carbocycles. The molecule has 1 aliphatic rings. The first-order valence-corrected chi connectivity index (χ1v) is 8.84. The first-order valence-electron chi connectivity index (χ1n) is 8.84. The molecule has 2 unspecified atom stereocenters. The van der Waals surface area contributed by atoms with Gasteiger partial charge in [-0.2, -0.15) is 0 Å². The summed E-state index contributed by atoms with van der Waals surface area (Å²) in [5, 5.41) is 10.9. The molecule has 2 rings (SSSR count). The SMILES string of the molecule is CCOC(=O)OC1CN(C)CCC1c1c(OC)cc(OC)c(C(C)=O)c1O. The van der Waals surface area contributed by atoms with Crippen molar-refractivity contribution in [2.75, 3.05) is 41.0 Å². The van der Waals surface area contributed by atoms with Crippen molar-refractivity contribution < 1.29 is 33.6 Å². The number of Topliss-reactive ketones (excluding diaryl/α,β-unsaturated/α-hetero) is 1. The van der Waals surface area contributed by atoms with Crippen LogP contribution in [0.4, 0.5) is 4.79 Å². The number of ether oxygens (including phenoxy) is 4. The van der Waals surface area contributed by atoms with Gasteiger partial charge in [-0.15, -0.1) is 0 Å². The molecule has 8 nitrogen and oxygen atoms in total. The first kappa shape index (κ1) is 20.8. The highest BCUT2D eigenvalue weighted by molar-refractivity contribution is 6.00. The second-order valence-electron chi connectivity index (χ2n) is 6.47. The number of benzene rings is 1. The zero-order chi connectivity index (χ0) is 20.1. The molecule has 0 bridgehead atoms. The minimum absolute atomic E-state index is 0.0853. The molecular formula is C19H27NO7. The van der Waals surface area contributed by atoms with E-state index in [9.17, 15) is 14.7 Å². The fourth-order valence-electron chi connectivity index (χ4n) is 3.46. The number of piperidine rings is 1. The van der Waals surface area contributed by atoms with Crippen molar-refractivity contribution in [1.82, 2.24) is 4.90 Å². The average molecular weight is 381 g/mol. The highest BCUT2D eigenvalue weighted by atomic mass is 16.7. The van der Waals surface area contributed by atoms with Gasteiger partial charge in [0.15, 0.2) is 5.78 Å². The summed E-state index contributed by atoms with van der Waals surface area (Å²) >= 11 is 0. The summed E-state index contributed by atoms with van der Waals surface area (Å²) in [6, 6.07) is 1.57. The van der Waals surface area contributed by atoms with Crippen LogP contribution in [0.25, 0.3) is 0 Å². The van der Waals surface area contributed by atoms with Crippen LogP contribution in [0.15, 0.2) is 6.07 Å². The number of ketones is 1. The van der Waals surface area contributed by atoms with Crippen LogP contribution < -0.4 is 9.47 Å². The monoisotopic (exact) mass is 381 g/mol. The van der Waals surface area contributed by atoms with E-state index >= 15 is 0 Å². The smallest absolute Gasteiger partial charge is 0.507 e. The van der Waals surface area contributed by atoms with Crippen LogP contribution in [0, 0.1) is 0 Å². The molecule has 0 amide bonds. The van der Waals surface area contributed by atoms with E-state index in [2.05, 4.69) is 0 Å². The van der Waals surface area contributed by atoms with Gasteiger partial charge in [-0.05, 0) is 33.9 Å². The standard InChI is InChI=1S/C19H27NO7/c1-6-26-19(23)27-15-10-20(3)8-7-12(15)17-14(25-5)9-13(24-4)16(11(2)21)18(17)22/h9,12,15,22H,6-8,10H2,1-5H3. The van der Waals surface area contributed by atoms with Gasteiger partial charge in [-0.1, -0.05) is 0 Å². The van der Waals surface area contributed by atoms with Crippen molar-refractivity contribution in [3.63, 3.8) is 0 Å². The maximum absolute atomic E-state index is 12.1. The molecule has 2 atom stereocenters. The quantitative estimate of drug-likeness (QED) is 0.593. The molecule has 27 heavy (non-hydrogen) atoms. The number of nitrogens with zero attached hydrogens (tertiary/aromatic N) is 1. The molecule has 1 fully saturated rings. The molecule has 1 aromatic rings. The average Bonchev–Trinajstić information content (AvgIpc) is 2.61. The molecule has 1 saturated heterocycles. The molecule has 1 aliphatic heterocycles. The molecule has 1 N–H and O–H groups in total. The molecule has 0 radical (unpaired) electrons. The predicted octanol–water partition coefficient (Wildman–Crippen LogP) is 2.57. The second kappa shape index (κ2) is 8.94. The van der Waals surface area contributed by atoms with E-state index in [4.69, 9.17) is 18.9 Å². The fraction of sp³-hybridized carbons (Fsp3) is 0.579. The first-order chi connectivity index (χ1) is 12.8. The topological polar surface area (TPSA) is 94.5 Å². The predicted molar refractivity (Wildman–Crippen MR) is 98.0 cm³/mol. The lowest BCUT2D eigenvalue weighted by molar-refractivity contribution is -0.00951. The number of likely N-dealkylation sites (tertiary alicyclic amines) is 1. The number of rotatable bonds is 6. The van der Waals surface area contributed by atoms with Crippen molar-refractivity contribution in [3.8, 4) is 17.2 Å². The largest absolute Gasteiger partial charge is 0.508 e. The summed E-state index contributed by atoms with van der Waals surface area (Å²) < 4.78 is 21.1. The van der Waals surface area contributed by atoms with Gasteiger partial charge in [0.2, 0.25) is 0 Å². The Labute approximate surface area is 159 Å². The zero-order valence-electron chi connectivity index (χ0n) is 16.4. The number of likely N-dealkylation sites (N-methyl/N-ethyl adjacent to an activating group) is 1. The summed E-state index contributed by atoms with van der Waals surface area (Å²) in [6.45, 7) is 4.46. The van der Waals surface area contributed by atoms with E-state index in [1.54, 1.807) is 13.0 Å². The maximum Gasteiger partial charge on any atom is 0.508 e. The third kappa shape index (κ3) is 4.44. The molecule has 0 aliphatic carbocycles. The van der Waals surface area contributed by atoms with Crippen molar-refractivity contribution in [2.24, 2.45) is 0 Å². The Bertz CT molecular complexity index is 704. The number of methoxy groups -OCH3 is 2. The zero-order valence-corrected chi connectivity index (χ0v) is 16.4. The van der Waals surface area contributed by atoms with Gasteiger partial charge in [0.05, 0.1) is 20.8 Å². The van der Waals surface area contributed by atoms with E-state index in [-0.39, 0.29) is 35.4 Å². The Balaban J connectivity index is 2.53. The molecule has 150 valence electrons. The number of hydrogen-bond acceptors (Lipinski definition) is 8. The van der Waals surface area contributed by atoms with Crippen molar-refractivity contribution in [3.05, 3.63) is 17.2 Å². The third-order valence-corrected chi connectivity index (χ3v) is 4.70.